The molecule has 1 saturated heterocycles. The summed E-state index contributed by atoms with van der Waals surface area (Å²) in [6.45, 7) is 0.641. The summed E-state index contributed by atoms with van der Waals surface area (Å²) < 4.78 is 24.4. The molecule has 1 aliphatic heterocycles. The number of benzene rings is 1. The highest BCUT2D eigenvalue weighted by atomic mass is 19.1. The van der Waals surface area contributed by atoms with E-state index in [0.717, 1.165) is 6.42 Å². The Bertz CT molecular complexity index is 638. The topological polar surface area (TPSA) is 67.9 Å². The molecule has 25 heavy (non-hydrogen) atoms. The Labute approximate surface area is 147 Å². The zero-order chi connectivity index (χ0) is 18.4. The highest BCUT2D eigenvalue weighted by Gasteiger charge is 2.49. The average molecular weight is 352 g/mol. The Morgan fingerprint density at radius 1 is 1.36 bits per heavy atom. The van der Waals surface area contributed by atoms with Gasteiger partial charge in [-0.3, -0.25) is 9.59 Å². The highest BCUT2D eigenvalue weighted by molar-refractivity contribution is 5.92. The van der Waals surface area contributed by atoms with Gasteiger partial charge in [-0.2, -0.15) is 0 Å². The monoisotopic (exact) mass is 352 g/mol. The van der Waals surface area contributed by atoms with Crippen LogP contribution in [-0.2, 0) is 20.7 Å². The van der Waals surface area contributed by atoms with Crippen LogP contribution >= 0.6 is 0 Å². The van der Waals surface area contributed by atoms with Gasteiger partial charge in [0.05, 0.1) is 13.7 Å². The number of ether oxygens (including phenoxy) is 2. The minimum absolute atomic E-state index is 0.118. The number of likely N-dealkylation sites (N-methyl/N-ethyl adjacent to an activating group) is 1. The van der Waals surface area contributed by atoms with Crippen molar-refractivity contribution in [2.24, 2.45) is 0 Å². The van der Waals surface area contributed by atoms with E-state index in [4.69, 9.17) is 9.47 Å². The van der Waals surface area contributed by atoms with Gasteiger partial charge in [-0.25, -0.2) is 4.39 Å². The molecule has 2 rings (SSSR count). The zero-order valence-corrected chi connectivity index (χ0v) is 14.9. The fourth-order valence-corrected chi connectivity index (χ4v) is 3.45. The molecule has 1 N–H and O–H groups in total. The van der Waals surface area contributed by atoms with E-state index in [1.54, 1.807) is 24.1 Å². The standard InChI is InChI=1S/C18H25FN2O4/c1-20-17(23)18(12-24-2)10-5-11-21(18)15(22)9-8-13-6-4-7-14(25-3)16(13)19/h4,6-7H,5,8-12H2,1-3H3,(H,20,23). The highest BCUT2D eigenvalue weighted by Crippen LogP contribution is 2.31. The lowest BCUT2D eigenvalue weighted by molar-refractivity contribution is -0.148. The van der Waals surface area contributed by atoms with Crippen LogP contribution in [0.1, 0.15) is 24.8 Å². The molecule has 1 unspecified atom stereocenters. The van der Waals surface area contributed by atoms with Crippen molar-refractivity contribution in [2.75, 3.05) is 34.4 Å². The van der Waals surface area contributed by atoms with Gasteiger partial charge in [0.1, 0.15) is 5.54 Å². The van der Waals surface area contributed by atoms with Gasteiger partial charge in [0.25, 0.3) is 0 Å². The molecule has 0 saturated carbocycles. The zero-order valence-electron chi connectivity index (χ0n) is 14.9. The van der Waals surface area contributed by atoms with Crippen molar-refractivity contribution >= 4 is 11.8 Å². The summed E-state index contributed by atoms with van der Waals surface area (Å²) in [7, 11) is 4.46. The van der Waals surface area contributed by atoms with E-state index >= 15 is 0 Å². The van der Waals surface area contributed by atoms with E-state index in [-0.39, 0.29) is 37.0 Å². The summed E-state index contributed by atoms with van der Waals surface area (Å²) in [4.78, 5) is 26.7. The van der Waals surface area contributed by atoms with Crippen molar-refractivity contribution in [3.63, 3.8) is 0 Å². The Morgan fingerprint density at radius 2 is 2.12 bits per heavy atom. The van der Waals surface area contributed by atoms with Gasteiger partial charge in [0, 0.05) is 27.1 Å². The number of hydrogen-bond acceptors (Lipinski definition) is 4. The molecule has 1 aliphatic rings. The molecular formula is C18H25FN2O4. The van der Waals surface area contributed by atoms with Crippen molar-refractivity contribution in [1.29, 1.82) is 0 Å². The molecule has 0 aliphatic carbocycles. The number of rotatable bonds is 7. The van der Waals surface area contributed by atoms with Crippen LogP contribution in [0.5, 0.6) is 5.75 Å². The van der Waals surface area contributed by atoms with Crippen molar-refractivity contribution in [1.82, 2.24) is 10.2 Å². The van der Waals surface area contributed by atoms with Crippen molar-refractivity contribution in [2.45, 2.75) is 31.2 Å². The smallest absolute Gasteiger partial charge is 0.248 e. The Kier molecular flexibility index (Phi) is 6.36. The predicted octanol–water partition coefficient (Wildman–Crippen LogP) is 1.52. The van der Waals surface area contributed by atoms with Gasteiger partial charge in [0.2, 0.25) is 11.8 Å². The molecule has 1 atom stereocenters. The number of nitrogens with one attached hydrogen (secondary N) is 1. The number of halogens is 1. The first-order valence-electron chi connectivity index (χ1n) is 8.33. The number of hydrogen-bond donors (Lipinski definition) is 1. The second kappa shape index (κ2) is 8.29. The normalized spacial score (nSPS) is 19.8. The molecule has 0 spiro atoms. The van der Waals surface area contributed by atoms with Gasteiger partial charge < -0.3 is 19.7 Å². The van der Waals surface area contributed by atoms with Crippen LogP contribution in [0.25, 0.3) is 0 Å². The molecule has 138 valence electrons. The van der Waals surface area contributed by atoms with Crippen LogP contribution in [0, 0.1) is 5.82 Å². The number of carbonyl (C=O) groups excluding carboxylic acids is 2. The molecule has 0 bridgehead atoms. The van der Waals surface area contributed by atoms with Crippen LogP contribution in [0.15, 0.2) is 18.2 Å². The summed E-state index contributed by atoms with van der Waals surface area (Å²) in [5.41, 5.74) is -0.558. The van der Waals surface area contributed by atoms with Gasteiger partial charge in [0.15, 0.2) is 11.6 Å². The van der Waals surface area contributed by atoms with Crippen LogP contribution in [-0.4, -0.2) is 56.7 Å². The van der Waals surface area contributed by atoms with E-state index in [1.165, 1.54) is 20.3 Å². The summed E-state index contributed by atoms with van der Waals surface area (Å²) >= 11 is 0. The van der Waals surface area contributed by atoms with E-state index < -0.39 is 11.4 Å². The van der Waals surface area contributed by atoms with Crippen molar-refractivity contribution < 1.29 is 23.5 Å². The third-order valence-electron chi connectivity index (χ3n) is 4.69. The fraction of sp³-hybridized carbons (Fsp3) is 0.556. The Hall–Kier alpha value is -2.15. The average Bonchev–Trinajstić information content (AvgIpc) is 3.05. The minimum Gasteiger partial charge on any atom is -0.494 e. The summed E-state index contributed by atoms with van der Waals surface area (Å²) in [6, 6.07) is 4.86. The molecule has 1 aromatic rings. The molecule has 0 aromatic heterocycles. The molecule has 1 fully saturated rings. The maximum Gasteiger partial charge on any atom is 0.248 e. The van der Waals surface area contributed by atoms with Crippen LogP contribution in [0.3, 0.4) is 0 Å². The molecular weight excluding hydrogens is 327 g/mol. The molecule has 2 amide bonds. The van der Waals surface area contributed by atoms with Crippen LogP contribution in [0.2, 0.25) is 0 Å². The van der Waals surface area contributed by atoms with Crippen molar-refractivity contribution in [3.05, 3.63) is 29.6 Å². The predicted molar refractivity (Wildman–Crippen MR) is 90.9 cm³/mol. The maximum atomic E-state index is 14.2. The number of amides is 2. The van der Waals surface area contributed by atoms with Crippen LogP contribution < -0.4 is 10.1 Å². The van der Waals surface area contributed by atoms with Gasteiger partial charge in [-0.15, -0.1) is 0 Å². The largest absolute Gasteiger partial charge is 0.494 e. The third kappa shape index (κ3) is 3.76. The van der Waals surface area contributed by atoms with Crippen LogP contribution in [0.4, 0.5) is 4.39 Å². The minimum atomic E-state index is -0.979. The van der Waals surface area contributed by atoms with E-state index in [9.17, 15) is 14.0 Å². The second-order valence-corrected chi connectivity index (χ2v) is 6.13. The summed E-state index contributed by atoms with van der Waals surface area (Å²) in [5, 5.41) is 2.63. The lowest BCUT2D eigenvalue weighted by Crippen LogP contribution is -2.59. The van der Waals surface area contributed by atoms with E-state index in [1.807, 2.05) is 0 Å². The number of methoxy groups -OCH3 is 2. The molecule has 1 aromatic carbocycles. The van der Waals surface area contributed by atoms with Gasteiger partial charge in [-0.1, -0.05) is 12.1 Å². The first kappa shape index (κ1) is 19.2. The Morgan fingerprint density at radius 3 is 2.76 bits per heavy atom. The Balaban J connectivity index is 2.13. The summed E-state index contributed by atoms with van der Waals surface area (Å²) in [6.07, 6.45) is 1.65. The molecule has 6 nitrogen and oxygen atoms in total. The molecule has 0 radical (unpaired) electrons. The number of likely N-dealkylation sites (tertiary alicyclic amines) is 1. The molecule has 1 heterocycles. The van der Waals surface area contributed by atoms with E-state index in [0.29, 0.717) is 18.5 Å². The first-order valence-corrected chi connectivity index (χ1v) is 8.33. The third-order valence-corrected chi connectivity index (χ3v) is 4.69. The first-order chi connectivity index (χ1) is 12.0. The molecule has 7 heteroatoms. The summed E-state index contributed by atoms with van der Waals surface area (Å²) in [5.74, 6) is -0.702. The lowest BCUT2D eigenvalue weighted by Gasteiger charge is -2.36. The van der Waals surface area contributed by atoms with Gasteiger partial charge >= 0.3 is 0 Å². The lowest BCUT2D eigenvalue weighted by atomic mass is 9.95. The number of nitrogens with zero attached hydrogens (tertiary/aromatic N) is 1. The second-order valence-electron chi connectivity index (χ2n) is 6.13. The van der Waals surface area contributed by atoms with Crippen molar-refractivity contribution in [3.8, 4) is 5.75 Å². The fourth-order valence-electron chi connectivity index (χ4n) is 3.45. The quantitative estimate of drug-likeness (QED) is 0.808. The SMILES string of the molecule is CNC(=O)C1(COC)CCCN1C(=O)CCc1cccc(OC)c1F. The number of carbonyl (C=O) groups is 2. The van der Waals surface area contributed by atoms with Gasteiger partial charge in [-0.05, 0) is 30.9 Å². The maximum absolute atomic E-state index is 14.2. The van der Waals surface area contributed by atoms with E-state index in [2.05, 4.69) is 5.32 Å². The number of aryl methyl sites for hydroxylation is 1.